The minimum atomic E-state index is -0.655. The second kappa shape index (κ2) is 6.84. The number of hydrogen-bond acceptors (Lipinski definition) is 6. The van der Waals surface area contributed by atoms with Crippen LogP contribution in [0.1, 0.15) is 41.0 Å². The molecule has 2 aliphatic rings. The molecular weight excluding hydrogens is 324 g/mol. The number of hydrogen-bond donors (Lipinski definition) is 2. The summed E-state index contributed by atoms with van der Waals surface area (Å²) in [5.74, 6) is -1.15. The normalized spacial score (nSPS) is 21.5. The average molecular weight is 348 g/mol. The third-order valence-corrected chi connectivity index (χ3v) is 4.63. The summed E-state index contributed by atoms with van der Waals surface area (Å²) in [6.07, 6.45) is 0.580. The Bertz CT molecular complexity index is 628. The zero-order chi connectivity index (χ0) is 18.1. The van der Waals surface area contributed by atoms with Crippen LogP contribution in [0.15, 0.2) is 24.3 Å². The zero-order valence-corrected chi connectivity index (χ0v) is 14.6. The smallest absolute Gasteiger partial charge is 0.261 e. The van der Waals surface area contributed by atoms with Crippen LogP contribution >= 0.6 is 0 Å². The lowest BCUT2D eigenvalue weighted by Gasteiger charge is -2.43. The molecule has 25 heavy (non-hydrogen) atoms. The van der Waals surface area contributed by atoms with E-state index >= 15 is 0 Å². The van der Waals surface area contributed by atoms with Gasteiger partial charge in [0, 0.05) is 6.54 Å². The molecule has 1 saturated heterocycles. The van der Waals surface area contributed by atoms with Crippen molar-refractivity contribution in [2.45, 2.75) is 31.6 Å². The van der Waals surface area contributed by atoms with Gasteiger partial charge in [-0.05, 0) is 38.9 Å². The van der Waals surface area contributed by atoms with Crippen molar-refractivity contribution >= 4 is 11.8 Å². The molecule has 2 aliphatic heterocycles. The monoisotopic (exact) mass is 348 g/mol. The summed E-state index contributed by atoms with van der Waals surface area (Å²) in [6.45, 7) is 5.07. The molecule has 0 aromatic heterocycles. The van der Waals surface area contributed by atoms with Gasteiger partial charge in [-0.1, -0.05) is 12.1 Å². The molecule has 0 unspecified atom stereocenters. The highest BCUT2D eigenvalue weighted by molar-refractivity contribution is 6.21. The number of nitrogens with one attached hydrogen (secondary N) is 1. The van der Waals surface area contributed by atoms with E-state index in [1.807, 2.05) is 13.8 Å². The lowest BCUT2D eigenvalue weighted by molar-refractivity contribution is -0.275. The maximum absolute atomic E-state index is 12.3. The van der Waals surface area contributed by atoms with Crippen LogP contribution in [0.3, 0.4) is 0 Å². The van der Waals surface area contributed by atoms with Crippen LogP contribution in [0.4, 0.5) is 0 Å². The van der Waals surface area contributed by atoms with Crippen molar-refractivity contribution in [2.24, 2.45) is 0 Å². The molecule has 2 amide bonds. The minimum Gasteiger partial charge on any atom is -0.394 e. The molecule has 0 aliphatic carbocycles. The number of fused-ring (bicyclic) bond motifs is 1. The number of carbonyl (C=O) groups excluding carboxylic acids is 2. The van der Waals surface area contributed by atoms with Crippen LogP contribution in [0.25, 0.3) is 0 Å². The predicted octanol–water partition coefficient (Wildman–Crippen LogP) is 0.776. The fourth-order valence-corrected chi connectivity index (χ4v) is 2.99. The fraction of sp³-hybridized carbons (Fsp3) is 0.556. The molecule has 3 rings (SSSR count). The van der Waals surface area contributed by atoms with Gasteiger partial charge in [-0.3, -0.25) is 14.5 Å². The van der Waals surface area contributed by atoms with Crippen LogP contribution in [-0.4, -0.2) is 66.1 Å². The maximum Gasteiger partial charge on any atom is 0.261 e. The number of rotatable bonds is 6. The Hall–Kier alpha value is -1.80. The first kappa shape index (κ1) is 18.0. The SMILES string of the molecule is CC1(C)OCC(CO)(NCCCN2C(=O)c3ccccc3C2=O)CO1. The van der Waals surface area contributed by atoms with Gasteiger partial charge < -0.3 is 19.9 Å². The van der Waals surface area contributed by atoms with E-state index in [1.54, 1.807) is 24.3 Å². The number of aliphatic hydroxyl groups excluding tert-OH is 1. The molecule has 2 N–H and O–H groups in total. The maximum atomic E-state index is 12.3. The van der Waals surface area contributed by atoms with E-state index < -0.39 is 11.3 Å². The van der Waals surface area contributed by atoms with Gasteiger partial charge >= 0.3 is 0 Å². The van der Waals surface area contributed by atoms with Gasteiger partial charge in [0.2, 0.25) is 0 Å². The lowest BCUT2D eigenvalue weighted by Crippen LogP contribution is -2.62. The molecule has 1 fully saturated rings. The molecule has 136 valence electrons. The third kappa shape index (κ3) is 3.59. The van der Waals surface area contributed by atoms with E-state index in [-0.39, 0.29) is 18.4 Å². The summed E-state index contributed by atoms with van der Waals surface area (Å²) < 4.78 is 11.2. The van der Waals surface area contributed by atoms with Crippen molar-refractivity contribution in [1.29, 1.82) is 0 Å². The molecule has 0 bridgehead atoms. The lowest BCUT2D eigenvalue weighted by atomic mass is 10.0. The standard InChI is InChI=1S/C18H24N2O5/c1-17(2)24-11-18(10-21,12-25-17)19-8-5-9-20-15(22)13-6-3-4-7-14(13)16(20)23/h3-4,6-7,19,21H,5,8-12H2,1-2H3. The first-order valence-corrected chi connectivity index (χ1v) is 8.47. The summed E-state index contributed by atoms with van der Waals surface area (Å²) in [5.41, 5.74) is 0.268. The quantitative estimate of drug-likeness (QED) is 0.583. The van der Waals surface area contributed by atoms with Gasteiger partial charge in [-0.25, -0.2) is 0 Å². The van der Waals surface area contributed by atoms with Crippen molar-refractivity contribution in [2.75, 3.05) is 32.9 Å². The summed E-state index contributed by atoms with van der Waals surface area (Å²) in [4.78, 5) is 25.9. The van der Waals surface area contributed by atoms with Gasteiger partial charge in [0.1, 0.15) is 0 Å². The minimum absolute atomic E-state index is 0.115. The Morgan fingerprint density at radius 3 is 2.20 bits per heavy atom. The zero-order valence-electron chi connectivity index (χ0n) is 14.6. The number of aliphatic hydroxyl groups is 1. The number of nitrogens with zero attached hydrogens (tertiary/aromatic N) is 1. The van der Waals surface area contributed by atoms with Gasteiger partial charge in [-0.2, -0.15) is 0 Å². The highest BCUT2D eigenvalue weighted by Crippen LogP contribution is 2.24. The number of benzene rings is 1. The molecule has 0 saturated carbocycles. The van der Waals surface area contributed by atoms with Gasteiger partial charge in [-0.15, -0.1) is 0 Å². The highest BCUT2D eigenvalue weighted by Gasteiger charge is 2.39. The van der Waals surface area contributed by atoms with Crippen molar-refractivity contribution < 1.29 is 24.2 Å². The van der Waals surface area contributed by atoms with Crippen LogP contribution in [0, 0.1) is 0 Å². The second-order valence-corrected chi connectivity index (χ2v) is 7.00. The predicted molar refractivity (Wildman–Crippen MR) is 90.2 cm³/mol. The van der Waals surface area contributed by atoms with E-state index in [0.29, 0.717) is 43.9 Å². The van der Waals surface area contributed by atoms with Crippen molar-refractivity contribution in [3.8, 4) is 0 Å². The molecule has 7 nitrogen and oxygen atoms in total. The highest BCUT2D eigenvalue weighted by atomic mass is 16.7. The number of imide groups is 1. The Morgan fingerprint density at radius 2 is 1.68 bits per heavy atom. The van der Waals surface area contributed by atoms with Gasteiger partial charge in [0.05, 0.1) is 36.5 Å². The summed E-state index contributed by atoms with van der Waals surface area (Å²) in [7, 11) is 0. The van der Waals surface area contributed by atoms with E-state index in [9.17, 15) is 14.7 Å². The molecule has 1 aromatic rings. The van der Waals surface area contributed by atoms with E-state index in [0.717, 1.165) is 0 Å². The van der Waals surface area contributed by atoms with Crippen LogP contribution in [0.2, 0.25) is 0 Å². The van der Waals surface area contributed by atoms with E-state index in [1.165, 1.54) is 4.90 Å². The summed E-state index contributed by atoms with van der Waals surface area (Å²) in [5, 5.41) is 12.9. The number of ether oxygens (including phenoxy) is 2. The molecule has 0 radical (unpaired) electrons. The molecule has 1 aromatic carbocycles. The van der Waals surface area contributed by atoms with Gasteiger partial charge in [0.25, 0.3) is 11.8 Å². The van der Waals surface area contributed by atoms with Crippen LogP contribution in [-0.2, 0) is 9.47 Å². The largest absolute Gasteiger partial charge is 0.394 e. The molecule has 2 heterocycles. The van der Waals surface area contributed by atoms with Gasteiger partial charge in [0.15, 0.2) is 5.79 Å². The number of carbonyl (C=O) groups is 2. The molecule has 0 spiro atoms. The Labute approximate surface area is 146 Å². The third-order valence-electron chi connectivity index (χ3n) is 4.63. The van der Waals surface area contributed by atoms with E-state index in [4.69, 9.17) is 9.47 Å². The molecule has 0 atom stereocenters. The first-order chi connectivity index (χ1) is 11.9. The average Bonchev–Trinajstić information content (AvgIpc) is 2.85. The molecular formula is C18H24N2O5. The van der Waals surface area contributed by atoms with Crippen LogP contribution in [0.5, 0.6) is 0 Å². The topological polar surface area (TPSA) is 88.1 Å². The molecule has 7 heteroatoms. The van der Waals surface area contributed by atoms with Crippen molar-refractivity contribution in [3.63, 3.8) is 0 Å². The second-order valence-electron chi connectivity index (χ2n) is 7.00. The summed E-state index contributed by atoms with van der Waals surface area (Å²) >= 11 is 0. The number of amides is 2. The van der Waals surface area contributed by atoms with Crippen molar-refractivity contribution in [1.82, 2.24) is 10.2 Å². The Kier molecular flexibility index (Phi) is 4.92. The van der Waals surface area contributed by atoms with Crippen LogP contribution < -0.4 is 5.32 Å². The fourth-order valence-electron chi connectivity index (χ4n) is 2.99. The Morgan fingerprint density at radius 1 is 1.12 bits per heavy atom. The Balaban J connectivity index is 1.51. The first-order valence-electron chi connectivity index (χ1n) is 8.47. The summed E-state index contributed by atoms with van der Waals surface area (Å²) in [6, 6.07) is 6.86. The van der Waals surface area contributed by atoms with E-state index in [2.05, 4.69) is 5.32 Å². The van der Waals surface area contributed by atoms with Crippen molar-refractivity contribution in [3.05, 3.63) is 35.4 Å².